The van der Waals surface area contributed by atoms with E-state index in [4.69, 9.17) is 4.74 Å². The maximum Gasteiger partial charge on any atom is 0.185 e. The number of hydrogen-bond acceptors (Lipinski definition) is 5. The van der Waals surface area contributed by atoms with E-state index >= 15 is 0 Å². The molecule has 0 atom stereocenters. The zero-order valence-electron chi connectivity index (χ0n) is 13.3. The van der Waals surface area contributed by atoms with E-state index in [1.807, 2.05) is 6.20 Å². The van der Waals surface area contributed by atoms with Crippen molar-refractivity contribution in [3.05, 3.63) is 11.1 Å². The van der Waals surface area contributed by atoms with E-state index in [0.29, 0.717) is 0 Å². The molecule has 0 bridgehead atoms. The van der Waals surface area contributed by atoms with E-state index in [-0.39, 0.29) is 0 Å². The van der Waals surface area contributed by atoms with Crippen LogP contribution in [0.4, 0.5) is 5.13 Å². The van der Waals surface area contributed by atoms with Crippen LogP contribution in [0.25, 0.3) is 0 Å². The maximum absolute atomic E-state index is 5.03. The Labute approximate surface area is 127 Å². The average molecular weight is 299 g/mol. The number of anilines is 1. The van der Waals surface area contributed by atoms with Gasteiger partial charge in [-0.1, -0.05) is 26.7 Å². The number of rotatable bonds is 11. The minimum Gasteiger partial charge on any atom is -0.383 e. The molecule has 5 heteroatoms. The SMILES string of the molecule is CCC(CC)CN(CC)c1ncc(CNCCOC)s1. The number of aromatic nitrogens is 1. The predicted octanol–water partition coefficient (Wildman–Crippen LogP) is 3.14. The van der Waals surface area contributed by atoms with Gasteiger partial charge in [-0.2, -0.15) is 0 Å². The lowest BCUT2D eigenvalue weighted by atomic mass is 10.0. The van der Waals surface area contributed by atoms with Gasteiger partial charge in [0.15, 0.2) is 5.13 Å². The van der Waals surface area contributed by atoms with Crippen molar-refractivity contribution in [3.8, 4) is 0 Å². The van der Waals surface area contributed by atoms with Crippen LogP contribution in [0.5, 0.6) is 0 Å². The molecule has 0 saturated carbocycles. The van der Waals surface area contributed by atoms with Crippen LogP contribution in [-0.4, -0.2) is 38.3 Å². The summed E-state index contributed by atoms with van der Waals surface area (Å²) in [7, 11) is 1.73. The second-order valence-corrected chi connectivity index (χ2v) is 6.09. The average Bonchev–Trinajstić information content (AvgIpc) is 2.94. The first kappa shape index (κ1) is 17.4. The number of methoxy groups -OCH3 is 1. The Balaban J connectivity index is 2.50. The first-order valence-electron chi connectivity index (χ1n) is 7.64. The Kier molecular flexibility index (Phi) is 8.82. The highest BCUT2D eigenvalue weighted by atomic mass is 32.1. The predicted molar refractivity (Wildman–Crippen MR) is 87.7 cm³/mol. The molecule has 4 nitrogen and oxygen atoms in total. The first-order chi connectivity index (χ1) is 9.74. The van der Waals surface area contributed by atoms with Crippen molar-refractivity contribution in [2.75, 3.05) is 38.3 Å². The van der Waals surface area contributed by atoms with Crippen molar-refractivity contribution < 1.29 is 4.74 Å². The molecule has 1 aromatic rings. The van der Waals surface area contributed by atoms with Gasteiger partial charge in [0.2, 0.25) is 0 Å². The third-order valence-corrected chi connectivity index (χ3v) is 4.67. The highest BCUT2D eigenvalue weighted by Crippen LogP contribution is 2.24. The summed E-state index contributed by atoms with van der Waals surface area (Å²) in [5, 5.41) is 4.52. The lowest BCUT2D eigenvalue weighted by Crippen LogP contribution is -2.28. The van der Waals surface area contributed by atoms with Gasteiger partial charge in [-0.25, -0.2) is 4.98 Å². The second-order valence-electron chi connectivity index (χ2n) is 5.00. The number of hydrogen-bond donors (Lipinski definition) is 1. The van der Waals surface area contributed by atoms with E-state index in [1.54, 1.807) is 18.4 Å². The Morgan fingerprint density at radius 3 is 2.70 bits per heavy atom. The fraction of sp³-hybridized carbons (Fsp3) is 0.800. The van der Waals surface area contributed by atoms with Gasteiger partial charge in [0.25, 0.3) is 0 Å². The first-order valence-corrected chi connectivity index (χ1v) is 8.45. The molecular formula is C15H29N3OS. The molecule has 20 heavy (non-hydrogen) atoms. The molecule has 0 radical (unpaired) electrons. The summed E-state index contributed by atoms with van der Waals surface area (Å²) in [6.07, 6.45) is 4.48. The lowest BCUT2D eigenvalue weighted by molar-refractivity contribution is 0.199. The number of nitrogens with zero attached hydrogens (tertiary/aromatic N) is 2. The minimum absolute atomic E-state index is 0.751. The Bertz CT molecular complexity index is 353. The summed E-state index contributed by atoms with van der Waals surface area (Å²) >= 11 is 1.80. The van der Waals surface area contributed by atoms with Gasteiger partial charge in [0.05, 0.1) is 6.61 Å². The highest BCUT2D eigenvalue weighted by Gasteiger charge is 2.13. The third-order valence-electron chi connectivity index (χ3n) is 3.61. The molecule has 0 aliphatic rings. The summed E-state index contributed by atoms with van der Waals surface area (Å²) in [5.74, 6) is 0.766. The maximum atomic E-state index is 5.03. The van der Waals surface area contributed by atoms with Crippen LogP contribution in [0.3, 0.4) is 0 Å². The van der Waals surface area contributed by atoms with E-state index in [9.17, 15) is 0 Å². The standard InChI is InChI=1S/C15H29N3OS/c1-5-13(6-2)12-18(7-3)15-17-11-14(20-15)10-16-8-9-19-4/h11,13,16H,5-10,12H2,1-4H3. The molecular weight excluding hydrogens is 270 g/mol. The van der Waals surface area contributed by atoms with Crippen LogP contribution < -0.4 is 10.2 Å². The molecule has 0 saturated heterocycles. The van der Waals surface area contributed by atoms with Gasteiger partial charge in [-0.15, -0.1) is 11.3 Å². The molecule has 0 aliphatic carbocycles. The molecule has 1 rings (SSSR count). The number of ether oxygens (including phenoxy) is 1. The second kappa shape index (κ2) is 10.1. The van der Waals surface area contributed by atoms with Gasteiger partial charge in [-0.05, 0) is 12.8 Å². The van der Waals surface area contributed by atoms with Crippen molar-refractivity contribution in [2.24, 2.45) is 5.92 Å². The van der Waals surface area contributed by atoms with E-state index in [2.05, 4.69) is 36.0 Å². The highest BCUT2D eigenvalue weighted by molar-refractivity contribution is 7.15. The van der Waals surface area contributed by atoms with Gasteiger partial charge < -0.3 is 15.0 Å². The largest absolute Gasteiger partial charge is 0.383 e. The zero-order chi connectivity index (χ0) is 14.8. The fourth-order valence-corrected chi connectivity index (χ4v) is 3.06. The fourth-order valence-electron chi connectivity index (χ4n) is 2.11. The molecule has 0 aromatic carbocycles. The molecule has 0 aliphatic heterocycles. The summed E-state index contributed by atoms with van der Waals surface area (Å²) in [5.41, 5.74) is 0. The molecule has 1 aromatic heterocycles. The van der Waals surface area contributed by atoms with Crippen LogP contribution in [0.2, 0.25) is 0 Å². The summed E-state index contributed by atoms with van der Waals surface area (Å²) in [6.45, 7) is 11.4. The summed E-state index contributed by atoms with van der Waals surface area (Å²) in [4.78, 5) is 8.28. The molecule has 0 spiro atoms. The van der Waals surface area contributed by atoms with Crippen LogP contribution >= 0.6 is 11.3 Å². The van der Waals surface area contributed by atoms with Crippen molar-refractivity contribution in [1.82, 2.24) is 10.3 Å². The van der Waals surface area contributed by atoms with Crippen molar-refractivity contribution >= 4 is 16.5 Å². The number of nitrogens with one attached hydrogen (secondary N) is 1. The van der Waals surface area contributed by atoms with Crippen molar-refractivity contribution in [1.29, 1.82) is 0 Å². The summed E-state index contributed by atoms with van der Waals surface area (Å²) in [6, 6.07) is 0. The van der Waals surface area contributed by atoms with Crippen molar-refractivity contribution in [3.63, 3.8) is 0 Å². The molecule has 1 heterocycles. The van der Waals surface area contributed by atoms with E-state index < -0.39 is 0 Å². The smallest absolute Gasteiger partial charge is 0.185 e. The Hall–Kier alpha value is -0.650. The van der Waals surface area contributed by atoms with Crippen LogP contribution in [0.15, 0.2) is 6.20 Å². The number of thiazole rings is 1. The normalized spacial score (nSPS) is 11.2. The molecule has 116 valence electrons. The van der Waals surface area contributed by atoms with Crippen LogP contribution in [0, 0.1) is 5.92 Å². The van der Waals surface area contributed by atoms with Gasteiger partial charge >= 0.3 is 0 Å². The Morgan fingerprint density at radius 2 is 2.10 bits per heavy atom. The quantitative estimate of drug-likeness (QED) is 0.637. The van der Waals surface area contributed by atoms with Gasteiger partial charge in [-0.3, -0.25) is 0 Å². The summed E-state index contributed by atoms with van der Waals surface area (Å²) < 4.78 is 5.03. The lowest BCUT2D eigenvalue weighted by Gasteiger charge is -2.24. The zero-order valence-corrected chi connectivity index (χ0v) is 14.1. The molecule has 0 unspecified atom stereocenters. The van der Waals surface area contributed by atoms with Gasteiger partial charge in [0.1, 0.15) is 0 Å². The van der Waals surface area contributed by atoms with E-state index in [0.717, 1.165) is 43.8 Å². The topological polar surface area (TPSA) is 37.4 Å². The third kappa shape index (κ3) is 5.77. The minimum atomic E-state index is 0.751. The molecule has 1 N–H and O–H groups in total. The molecule has 0 amide bonds. The van der Waals surface area contributed by atoms with Crippen LogP contribution in [-0.2, 0) is 11.3 Å². The van der Waals surface area contributed by atoms with Crippen molar-refractivity contribution in [2.45, 2.75) is 40.2 Å². The Morgan fingerprint density at radius 1 is 1.35 bits per heavy atom. The molecule has 0 fully saturated rings. The van der Waals surface area contributed by atoms with Gasteiger partial charge in [0, 0.05) is 44.4 Å². The van der Waals surface area contributed by atoms with E-state index in [1.165, 1.54) is 17.7 Å². The monoisotopic (exact) mass is 299 g/mol. The van der Waals surface area contributed by atoms with Crippen LogP contribution in [0.1, 0.15) is 38.5 Å².